The number of fused-ring (bicyclic) bond motifs is 1. The topological polar surface area (TPSA) is 9.23 Å². The standard InChI is InChI=1S/C28H32F2O/c1-3-5-19-6-9-21(10-7-19)23-13-12-22-16-20(8-11-24(22)18-23)17-25-14-15-26(31-4-2)28(30)27(25)29/h8,11-16,18-19,21H,3-7,9-10,17H2,1-2H3. The van der Waals surface area contributed by atoms with E-state index in [1.54, 1.807) is 13.0 Å². The minimum absolute atomic E-state index is 0.0291. The van der Waals surface area contributed by atoms with Crippen molar-refractivity contribution in [2.75, 3.05) is 6.61 Å². The number of benzene rings is 3. The molecule has 0 N–H and O–H groups in total. The predicted octanol–water partition coefficient (Wildman–Crippen LogP) is 8.18. The first-order chi connectivity index (χ1) is 15.1. The summed E-state index contributed by atoms with van der Waals surface area (Å²) in [5.41, 5.74) is 2.76. The molecule has 0 spiro atoms. The lowest BCUT2D eigenvalue weighted by molar-refractivity contribution is 0.308. The molecule has 0 saturated heterocycles. The number of ether oxygens (including phenoxy) is 1. The van der Waals surface area contributed by atoms with Crippen LogP contribution < -0.4 is 4.74 Å². The lowest BCUT2D eigenvalue weighted by Crippen LogP contribution is -2.13. The molecule has 0 radical (unpaired) electrons. The van der Waals surface area contributed by atoms with Crippen LogP contribution in [0.1, 0.15) is 75.0 Å². The Labute approximate surface area is 184 Å². The molecule has 31 heavy (non-hydrogen) atoms. The van der Waals surface area contributed by atoms with Crippen LogP contribution in [0.3, 0.4) is 0 Å². The van der Waals surface area contributed by atoms with Gasteiger partial charge >= 0.3 is 0 Å². The molecule has 1 saturated carbocycles. The van der Waals surface area contributed by atoms with Crippen molar-refractivity contribution in [3.8, 4) is 5.75 Å². The van der Waals surface area contributed by atoms with Gasteiger partial charge in [-0.3, -0.25) is 0 Å². The Hall–Kier alpha value is -2.42. The summed E-state index contributed by atoms with van der Waals surface area (Å²) in [6, 6.07) is 16.1. The SMILES string of the molecule is CCCC1CCC(c2ccc3cc(Cc4ccc(OCC)c(F)c4F)ccc3c2)CC1. The molecule has 0 aliphatic heterocycles. The van der Waals surface area contributed by atoms with Crippen LogP contribution in [-0.4, -0.2) is 6.61 Å². The molecule has 3 heteroatoms. The number of rotatable bonds is 7. The van der Waals surface area contributed by atoms with E-state index in [0.29, 0.717) is 24.5 Å². The van der Waals surface area contributed by atoms with Crippen molar-refractivity contribution in [3.05, 3.63) is 76.9 Å². The van der Waals surface area contributed by atoms with Crippen LogP contribution in [0.2, 0.25) is 0 Å². The zero-order valence-corrected chi connectivity index (χ0v) is 18.6. The Morgan fingerprint density at radius 3 is 2.32 bits per heavy atom. The van der Waals surface area contributed by atoms with E-state index in [9.17, 15) is 8.78 Å². The average Bonchev–Trinajstić information content (AvgIpc) is 2.79. The largest absolute Gasteiger partial charge is 0.491 e. The highest BCUT2D eigenvalue weighted by atomic mass is 19.2. The van der Waals surface area contributed by atoms with Crippen molar-refractivity contribution in [3.63, 3.8) is 0 Å². The van der Waals surface area contributed by atoms with E-state index in [2.05, 4.69) is 37.3 Å². The van der Waals surface area contributed by atoms with Crippen LogP contribution in [0.25, 0.3) is 10.8 Å². The second-order valence-corrected chi connectivity index (χ2v) is 8.91. The van der Waals surface area contributed by atoms with E-state index in [0.717, 1.165) is 16.9 Å². The molecular formula is C28H32F2O. The third-order valence-corrected chi connectivity index (χ3v) is 6.77. The Morgan fingerprint density at radius 2 is 1.58 bits per heavy atom. The lowest BCUT2D eigenvalue weighted by atomic mass is 9.77. The Kier molecular flexibility index (Phi) is 6.89. The maximum absolute atomic E-state index is 14.5. The van der Waals surface area contributed by atoms with E-state index in [1.807, 2.05) is 6.07 Å². The van der Waals surface area contributed by atoms with Gasteiger partial charge in [0, 0.05) is 6.42 Å². The molecule has 4 rings (SSSR count). The fraction of sp³-hybridized carbons (Fsp3) is 0.429. The summed E-state index contributed by atoms with van der Waals surface area (Å²) >= 11 is 0. The van der Waals surface area contributed by atoms with Gasteiger partial charge in [0.15, 0.2) is 11.6 Å². The summed E-state index contributed by atoms with van der Waals surface area (Å²) in [7, 11) is 0. The highest BCUT2D eigenvalue weighted by Gasteiger charge is 2.22. The molecule has 1 aliphatic carbocycles. The van der Waals surface area contributed by atoms with Crippen molar-refractivity contribution in [1.29, 1.82) is 0 Å². The first kappa shape index (κ1) is 21.8. The maximum atomic E-state index is 14.5. The van der Waals surface area contributed by atoms with Crippen molar-refractivity contribution < 1.29 is 13.5 Å². The van der Waals surface area contributed by atoms with E-state index < -0.39 is 11.6 Å². The summed E-state index contributed by atoms with van der Waals surface area (Å²) in [4.78, 5) is 0. The van der Waals surface area contributed by atoms with E-state index in [4.69, 9.17) is 4.74 Å². The van der Waals surface area contributed by atoms with Gasteiger partial charge < -0.3 is 4.74 Å². The van der Waals surface area contributed by atoms with Crippen LogP contribution in [0.5, 0.6) is 5.75 Å². The second kappa shape index (κ2) is 9.80. The van der Waals surface area contributed by atoms with Crippen molar-refractivity contribution in [2.45, 2.75) is 64.7 Å². The Balaban J connectivity index is 1.49. The molecule has 3 aromatic rings. The lowest BCUT2D eigenvalue weighted by Gasteiger charge is -2.28. The minimum Gasteiger partial charge on any atom is -0.491 e. The third-order valence-electron chi connectivity index (χ3n) is 6.77. The second-order valence-electron chi connectivity index (χ2n) is 8.91. The van der Waals surface area contributed by atoms with Crippen LogP contribution in [0.4, 0.5) is 8.78 Å². The number of hydrogen-bond acceptors (Lipinski definition) is 1. The van der Waals surface area contributed by atoms with Gasteiger partial charge in [-0.05, 0) is 78.0 Å². The molecular weight excluding hydrogens is 390 g/mol. The fourth-order valence-electron chi connectivity index (χ4n) is 5.07. The van der Waals surface area contributed by atoms with Gasteiger partial charge in [-0.25, -0.2) is 4.39 Å². The molecule has 1 aliphatic rings. The molecule has 0 heterocycles. The van der Waals surface area contributed by atoms with Crippen LogP contribution >= 0.6 is 0 Å². The number of hydrogen-bond donors (Lipinski definition) is 0. The predicted molar refractivity (Wildman–Crippen MR) is 124 cm³/mol. The van der Waals surface area contributed by atoms with E-state index >= 15 is 0 Å². The molecule has 0 bridgehead atoms. The highest BCUT2D eigenvalue weighted by Crippen LogP contribution is 2.38. The van der Waals surface area contributed by atoms with Crippen molar-refractivity contribution in [1.82, 2.24) is 0 Å². The average molecular weight is 423 g/mol. The van der Waals surface area contributed by atoms with Gasteiger partial charge in [0.25, 0.3) is 0 Å². The fourth-order valence-corrected chi connectivity index (χ4v) is 5.07. The summed E-state index contributed by atoms with van der Waals surface area (Å²) in [6.07, 6.45) is 8.29. The highest BCUT2D eigenvalue weighted by molar-refractivity contribution is 5.84. The smallest absolute Gasteiger partial charge is 0.200 e. The first-order valence-electron chi connectivity index (χ1n) is 11.7. The summed E-state index contributed by atoms with van der Waals surface area (Å²) in [5.74, 6) is -0.174. The van der Waals surface area contributed by atoms with Gasteiger partial charge in [0.1, 0.15) is 0 Å². The molecule has 164 valence electrons. The molecule has 0 atom stereocenters. The van der Waals surface area contributed by atoms with E-state index in [1.165, 1.54) is 55.5 Å². The zero-order chi connectivity index (χ0) is 21.8. The minimum atomic E-state index is -0.904. The third kappa shape index (κ3) is 4.92. The summed E-state index contributed by atoms with van der Waals surface area (Å²) in [6.45, 7) is 4.34. The van der Waals surface area contributed by atoms with Gasteiger partial charge in [0.05, 0.1) is 6.61 Å². The molecule has 0 unspecified atom stereocenters. The summed E-state index contributed by atoms with van der Waals surface area (Å²) in [5, 5.41) is 2.36. The van der Waals surface area contributed by atoms with Crippen molar-refractivity contribution >= 4 is 10.8 Å². The quantitative estimate of drug-likeness (QED) is 0.373. The molecule has 0 amide bonds. The van der Waals surface area contributed by atoms with Crippen molar-refractivity contribution in [2.24, 2.45) is 5.92 Å². The first-order valence-corrected chi connectivity index (χ1v) is 11.7. The van der Waals surface area contributed by atoms with Gasteiger partial charge in [-0.2, -0.15) is 4.39 Å². The molecule has 1 nitrogen and oxygen atoms in total. The van der Waals surface area contributed by atoms with Crippen LogP contribution in [0, 0.1) is 17.6 Å². The normalized spacial score (nSPS) is 19.0. The maximum Gasteiger partial charge on any atom is 0.200 e. The van der Waals surface area contributed by atoms with Crippen LogP contribution in [-0.2, 0) is 6.42 Å². The zero-order valence-electron chi connectivity index (χ0n) is 18.6. The van der Waals surface area contributed by atoms with Crippen LogP contribution in [0.15, 0.2) is 48.5 Å². The Morgan fingerprint density at radius 1 is 0.839 bits per heavy atom. The Bertz CT molecular complexity index is 1030. The van der Waals surface area contributed by atoms with E-state index in [-0.39, 0.29) is 5.75 Å². The van der Waals surface area contributed by atoms with Gasteiger partial charge in [0.2, 0.25) is 5.82 Å². The number of halogens is 2. The molecule has 3 aromatic carbocycles. The molecule has 0 aromatic heterocycles. The summed E-state index contributed by atoms with van der Waals surface area (Å²) < 4.78 is 33.8. The molecule has 1 fully saturated rings. The van der Waals surface area contributed by atoms with Gasteiger partial charge in [-0.15, -0.1) is 0 Å². The van der Waals surface area contributed by atoms with Gasteiger partial charge in [-0.1, -0.05) is 62.2 Å². The monoisotopic (exact) mass is 422 g/mol.